The third-order valence-corrected chi connectivity index (χ3v) is 6.25. The van der Waals surface area contributed by atoms with Crippen LogP contribution in [0.2, 0.25) is 5.02 Å². The van der Waals surface area contributed by atoms with Crippen LogP contribution in [0.3, 0.4) is 0 Å². The minimum atomic E-state index is -4.42. The summed E-state index contributed by atoms with van der Waals surface area (Å²) in [4.78, 5) is 16.3. The summed E-state index contributed by atoms with van der Waals surface area (Å²) in [6.45, 7) is 2.11. The summed E-state index contributed by atoms with van der Waals surface area (Å²) < 4.78 is 39.0. The lowest BCUT2D eigenvalue weighted by Crippen LogP contribution is -2.25. The van der Waals surface area contributed by atoms with Crippen molar-refractivity contribution in [3.63, 3.8) is 0 Å². The maximum absolute atomic E-state index is 13.0. The molecule has 0 bridgehead atoms. The molecule has 0 aliphatic rings. The lowest BCUT2D eigenvalue weighted by Gasteiger charge is -2.18. The van der Waals surface area contributed by atoms with Gasteiger partial charge in [0.15, 0.2) is 0 Å². The quantitative estimate of drug-likeness (QED) is 0.285. The van der Waals surface area contributed by atoms with Crippen molar-refractivity contribution < 1.29 is 18.0 Å². The number of alkyl halides is 3. The Hall–Kier alpha value is -3.25. The Balaban J connectivity index is 1.59. The van der Waals surface area contributed by atoms with Gasteiger partial charge in [-0.05, 0) is 52.9 Å². The highest BCUT2D eigenvalue weighted by atomic mass is 35.5. The van der Waals surface area contributed by atoms with Crippen molar-refractivity contribution in [1.82, 2.24) is 10.3 Å². The van der Waals surface area contributed by atoms with Gasteiger partial charge in [-0.25, -0.2) is 0 Å². The van der Waals surface area contributed by atoms with Crippen LogP contribution in [-0.4, -0.2) is 10.9 Å². The molecule has 4 aromatic rings. The Bertz CT molecular complexity index is 1300. The molecule has 3 aromatic carbocycles. The zero-order valence-electron chi connectivity index (χ0n) is 18.5. The Kier molecular flexibility index (Phi) is 6.98. The number of halogens is 4. The minimum absolute atomic E-state index is 0.0178. The molecule has 1 atom stereocenters. The molecule has 0 radical (unpaired) electrons. The van der Waals surface area contributed by atoms with Crippen molar-refractivity contribution in [3.05, 3.63) is 106 Å². The van der Waals surface area contributed by atoms with Crippen molar-refractivity contribution in [2.24, 2.45) is 0 Å². The first kappa shape index (κ1) is 23.9. The predicted molar refractivity (Wildman–Crippen MR) is 129 cm³/mol. The second-order valence-electron chi connectivity index (χ2n) is 8.22. The first-order valence-corrected chi connectivity index (χ1v) is 11.4. The highest BCUT2D eigenvalue weighted by molar-refractivity contribution is 6.30. The molecular formula is C27H24ClF3N2O. The van der Waals surface area contributed by atoms with E-state index in [4.69, 9.17) is 11.6 Å². The monoisotopic (exact) mass is 484 g/mol. The third kappa shape index (κ3) is 5.28. The normalized spacial score (nSPS) is 12.6. The molecule has 0 fully saturated rings. The first-order valence-electron chi connectivity index (χ1n) is 11.0. The fraction of sp³-hybridized carbons (Fsp3) is 0.222. The van der Waals surface area contributed by atoms with Gasteiger partial charge in [-0.1, -0.05) is 61.0 Å². The van der Waals surface area contributed by atoms with E-state index >= 15 is 0 Å². The molecule has 3 nitrogen and oxygen atoms in total. The second kappa shape index (κ2) is 9.94. The topological polar surface area (TPSA) is 44.9 Å². The van der Waals surface area contributed by atoms with Crippen molar-refractivity contribution in [3.8, 4) is 0 Å². The van der Waals surface area contributed by atoms with Gasteiger partial charge in [-0.15, -0.1) is 0 Å². The Morgan fingerprint density at radius 1 is 1.06 bits per heavy atom. The van der Waals surface area contributed by atoms with Gasteiger partial charge in [-0.2, -0.15) is 13.2 Å². The van der Waals surface area contributed by atoms with Crippen LogP contribution in [0.1, 0.15) is 47.1 Å². The zero-order chi connectivity index (χ0) is 24.3. The van der Waals surface area contributed by atoms with E-state index < -0.39 is 11.7 Å². The SMILES string of the molecule is CCc1cccc2c(C(CC(=O)NCc3cccc(C(F)(F)F)c3)c3ccc(Cl)cc3)c[nH]c12. The van der Waals surface area contributed by atoms with Gasteiger partial charge in [0.1, 0.15) is 0 Å². The summed E-state index contributed by atoms with van der Waals surface area (Å²) in [6, 6.07) is 18.5. The van der Waals surface area contributed by atoms with Crippen LogP contribution in [0.4, 0.5) is 13.2 Å². The number of rotatable bonds is 7. The van der Waals surface area contributed by atoms with Gasteiger partial charge in [-0.3, -0.25) is 4.79 Å². The number of amides is 1. The number of hydrogen-bond donors (Lipinski definition) is 2. The first-order chi connectivity index (χ1) is 16.3. The molecule has 176 valence electrons. The lowest BCUT2D eigenvalue weighted by molar-refractivity contribution is -0.137. The number of fused-ring (bicyclic) bond motifs is 1. The molecule has 0 saturated heterocycles. The number of benzene rings is 3. The Morgan fingerprint density at radius 3 is 2.50 bits per heavy atom. The van der Waals surface area contributed by atoms with E-state index in [1.54, 1.807) is 18.2 Å². The van der Waals surface area contributed by atoms with Gasteiger partial charge < -0.3 is 10.3 Å². The summed E-state index contributed by atoms with van der Waals surface area (Å²) in [5.41, 5.74) is 3.81. The van der Waals surface area contributed by atoms with Crippen LogP contribution < -0.4 is 5.32 Å². The summed E-state index contributed by atoms with van der Waals surface area (Å²) in [5, 5.41) is 4.43. The number of aryl methyl sites for hydroxylation is 1. The smallest absolute Gasteiger partial charge is 0.361 e. The number of carbonyl (C=O) groups excluding carboxylic acids is 1. The molecule has 1 aromatic heterocycles. The summed E-state index contributed by atoms with van der Waals surface area (Å²) >= 11 is 6.08. The maximum atomic E-state index is 13.0. The molecule has 34 heavy (non-hydrogen) atoms. The maximum Gasteiger partial charge on any atom is 0.416 e. The van der Waals surface area contributed by atoms with E-state index in [0.717, 1.165) is 40.6 Å². The van der Waals surface area contributed by atoms with E-state index in [0.29, 0.717) is 10.6 Å². The molecule has 2 N–H and O–H groups in total. The molecule has 1 heterocycles. The molecule has 1 unspecified atom stereocenters. The van der Waals surface area contributed by atoms with E-state index in [9.17, 15) is 18.0 Å². The second-order valence-corrected chi connectivity index (χ2v) is 8.66. The Labute approximate surface area is 201 Å². The third-order valence-electron chi connectivity index (χ3n) is 6.00. The molecule has 0 aliphatic heterocycles. The van der Waals surface area contributed by atoms with Gasteiger partial charge in [0.25, 0.3) is 0 Å². The van der Waals surface area contributed by atoms with Crippen molar-refractivity contribution >= 4 is 28.4 Å². The summed E-state index contributed by atoms with van der Waals surface area (Å²) in [5.74, 6) is -0.502. The van der Waals surface area contributed by atoms with Crippen LogP contribution in [0.25, 0.3) is 10.9 Å². The van der Waals surface area contributed by atoms with Crippen molar-refractivity contribution in [2.75, 3.05) is 0 Å². The minimum Gasteiger partial charge on any atom is -0.361 e. The number of para-hydroxylation sites is 1. The Morgan fingerprint density at radius 2 is 1.79 bits per heavy atom. The van der Waals surface area contributed by atoms with Crippen LogP contribution in [0.15, 0.2) is 72.9 Å². The highest BCUT2D eigenvalue weighted by Gasteiger charge is 2.30. The predicted octanol–water partition coefficient (Wildman–Crippen LogP) is 7.24. The number of aromatic amines is 1. The van der Waals surface area contributed by atoms with Crippen LogP contribution in [0.5, 0.6) is 0 Å². The van der Waals surface area contributed by atoms with Gasteiger partial charge in [0.05, 0.1) is 5.56 Å². The standard InChI is InChI=1S/C27H24ClF3N2O/c1-2-18-6-4-8-22-24(16-33-26(18)22)23(19-9-11-21(28)12-10-19)14-25(34)32-15-17-5-3-7-20(13-17)27(29,30)31/h3-13,16,23,33H,2,14-15H2,1H3,(H,32,34). The average molecular weight is 485 g/mol. The molecule has 1 amide bonds. The molecule has 0 aliphatic carbocycles. The van der Waals surface area contributed by atoms with Gasteiger partial charge in [0, 0.05) is 41.0 Å². The van der Waals surface area contributed by atoms with Crippen LogP contribution in [-0.2, 0) is 23.9 Å². The highest BCUT2D eigenvalue weighted by Crippen LogP contribution is 2.35. The molecule has 0 spiro atoms. The van der Waals surface area contributed by atoms with Crippen LogP contribution >= 0.6 is 11.6 Å². The molecule has 7 heteroatoms. The summed E-state index contributed by atoms with van der Waals surface area (Å²) in [6.07, 6.45) is -1.47. The number of H-pyrrole nitrogens is 1. The van der Waals surface area contributed by atoms with Crippen LogP contribution in [0, 0.1) is 0 Å². The van der Waals surface area contributed by atoms with Crippen molar-refractivity contribution in [2.45, 2.75) is 38.4 Å². The molecular weight excluding hydrogens is 461 g/mol. The van der Waals surface area contributed by atoms with E-state index in [2.05, 4.69) is 23.3 Å². The average Bonchev–Trinajstić information content (AvgIpc) is 3.25. The number of carbonyl (C=O) groups is 1. The van der Waals surface area contributed by atoms with E-state index in [1.165, 1.54) is 11.6 Å². The number of hydrogen-bond acceptors (Lipinski definition) is 1. The fourth-order valence-electron chi connectivity index (χ4n) is 4.24. The van der Waals surface area contributed by atoms with Crippen molar-refractivity contribution in [1.29, 1.82) is 0 Å². The molecule has 0 saturated carbocycles. The van der Waals surface area contributed by atoms with Gasteiger partial charge in [0.2, 0.25) is 5.91 Å². The fourth-order valence-corrected chi connectivity index (χ4v) is 4.37. The van der Waals surface area contributed by atoms with Gasteiger partial charge >= 0.3 is 6.18 Å². The van der Waals surface area contributed by atoms with E-state index in [-0.39, 0.29) is 24.8 Å². The van der Waals surface area contributed by atoms with E-state index in [1.807, 2.05) is 30.5 Å². The lowest BCUT2D eigenvalue weighted by atomic mass is 9.87. The summed E-state index contributed by atoms with van der Waals surface area (Å²) in [7, 11) is 0. The largest absolute Gasteiger partial charge is 0.416 e. The number of aromatic nitrogens is 1. The number of nitrogens with one attached hydrogen (secondary N) is 2. The zero-order valence-corrected chi connectivity index (χ0v) is 19.3. The molecule has 4 rings (SSSR count).